The fourth-order valence-corrected chi connectivity index (χ4v) is 14.4. The van der Waals surface area contributed by atoms with Crippen LogP contribution in [0.1, 0.15) is 106 Å². The third-order valence-corrected chi connectivity index (χ3v) is 18.8. The van der Waals surface area contributed by atoms with Crippen LogP contribution >= 0.6 is 0 Å². The first kappa shape index (κ1) is 57.1. The highest BCUT2D eigenvalue weighted by molar-refractivity contribution is 5.26. The Morgan fingerprint density at radius 3 is 1.74 bits per heavy atom. The van der Waals surface area contributed by atoms with Gasteiger partial charge in [-0.25, -0.2) is 0 Å². The van der Waals surface area contributed by atoms with Crippen LogP contribution in [0.15, 0.2) is 11.6 Å². The van der Waals surface area contributed by atoms with Gasteiger partial charge in [0.05, 0.1) is 43.7 Å². The van der Waals surface area contributed by atoms with Gasteiger partial charge in [0, 0.05) is 0 Å². The van der Waals surface area contributed by atoms with Crippen molar-refractivity contribution < 1.29 is 104 Å². The monoisotopic (exact) mass is 1030 g/mol. The molecule has 0 aromatic rings. The number of aliphatic hydroxyl groups excluding tert-OH is 13. The van der Waals surface area contributed by atoms with Crippen LogP contribution in [0, 0.1) is 46.3 Å². The predicted octanol–water partition coefficient (Wildman–Crippen LogP) is -1.32. The molecule has 0 radical (unpaired) electrons. The molecule has 8 rings (SSSR count). The number of allylic oxidation sites excluding steroid dienone is 1. The SMILES string of the molecule is CC(C)CC[C@H](O)[C@@H](C)[C@H]1[C@@H](O[C@@H]2OC(CO)[C@@H](O)[C@H](O)C2O)C[C@H]2[C@@H]3CC=C4C[C@@H](O[C@@H]5OC(CO)[C@@H](O[C@@H]6OC(C)[C@H](O)C(O)[C@H]6O)[C@H](O)C5O[C@@H]5OC(C)[C@H](O)C(O)[C@@H]5O)CC[C@]4(C)[C@H]3CC[C@]12C. The molecule has 416 valence electrons. The van der Waals surface area contributed by atoms with Crippen LogP contribution in [-0.4, -0.2) is 221 Å². The molecule has 8 unspecified atom stereocenters. The van der Waals surface area contributed by atoms with Gasteiger partial charge in [0.15, 0.2) is 25.2 Å². The Morgan fingerprint density at radius 1 is 0.597 bits per heavy atom. The van der Waals surface area contributed by atoms with E-state index in [0.29, 0.717) is 31.6 Å². The smallest absolute Gasteiger partial charge is 0.187 e. The number of rotatable bonds is 15. The van der Waals surface area contributed by atoms with Gasteiger partial charge < -0.3 is 104 Å². The molecular formula is C51H86O21. The van der Waals surface area contributed by atoms with E-state index < -0.39 is 154 Å². The van der Waals surface area contributed by atoms with E-state index in [9.17, 15) is 66.4 Å². The van der Waals surface area contributed by atoms with Gasteiger partial charge in [-0.05, 0) is 118 Å². The standard InChI is InChI=1S/C51H86O21/c1-20(2)8-11-29(54)21(3)33-30(68-48-42(63)39(60)36(57)31(18-52)69-48)17-28-26-10-9-24-16-25(12-14-50(24,6)27(26)13-15-51(28,33)7)67-49-45(72-47-41(62)38(59)35(56)23(5)66-47)43(64)44(32(19-53)70-49)71-46-40(61)37(58)34(55)22(4)65-46/h9,20-23,25-49,52-64H,8,10-19H2,1-7H3/t21-,22?,23?,25+,26-,27+,28+,29+,30+,31?,32?,33+,34+,35+,36-,37?,38?,39+,40-,41+,42?,43+,44-,45?,46+,47+,48-,49-,50+,51+/m1/s1. The number of aliphatic hydroxyl groups is 13. The molecule has 7 fully saturated rings. The molecule has 0 amide bonds. The normalized spacial score (nSPS) is 52.8. The first-order valence-corrected chi connectivity index (χ1v) is 26.6. The average Bonchev–Trinajstić information content (AvgIpc) is 3.65. The Hall–Kier alpha value is -1.10. The highest BCUT2D eigenvalue weighted by atomic mass is 16.8. The molecule has 21 heteroatoms. The van der Waals surface area contributed by atoms with Gasteiger partial charge in [-0.3, -0.25) is 0 Å². The van der Waals surface area contributed by atoms with Gasteiger partial charge >= 0.3 is 0 Å². The van der Waals surface area contributed by atoms with Gasteiger partial charge in [-0.1, -0.05) is 46.3 Å². The number of ether oxygens (including phenoxy) is 8. The summed E-state index contributed by atoms with van der Waals surface area (Å²) >= 11 is 0. The van der Waals surface area contributed by atoms with Crippen LogP contribution in [-0.2, 0) is 37.9 Å². The molecule has 13 N–H and O–H groups in total. The zero-order chi connectivity index (χ0) is 52.5. The third-order valence-electron chi connectivity index (χ3n) is 18.8. The molecular weight excluding hydrogens is 949 g/mol. The van der Waals surface area contributed by atoms with Crippen LogP contribution in [0.4, 0.5) is 0 Å². The minimum absolute atomic E-state index is 0.144. The maximum absolute atomic E-state index is 12.1. The molecule has 4 aliphatic carbocycles. The summed E-state index contributed by atoms with van der Waals surface area (Å²) in [5.41, 5.74) is 0.687. The summed E-state index contributed by atoms with van der Waals surface area (Å²) in [6.45, 7) is 12.6. The summed E-state index contributed by atoms with van der Waals surface area (Å²) in [6.07, 6.45) is -22.4. The lowest BCUT2D eigenvalue weighted by Gasteiger charge is -2.58. The average molecular weight is 1040 g/mol. The lowest BCUT2D eigenvalue weighted by molar-refractivity contribution is -0.388. The van der Waals surface area contributed by atoms with E-state index in [4.69, 9.17) is 37.9 Å². The van der Waals surface area contributed by atoms with Crippen molar-refractivity contribution in [1.29, 1.82) is 0 Å². The van der Waals surface area contributed by atoms with Crippen LogP contribution in [0.25, 0.3) is 0 Å². The van der Waals surface area contributed by atoms with Crippen molar-refractivity contribution in [2.75, 3.05) is 13.2 Å². The molecule has 30 atom stereocenters. The molecule has 4 aliphatic heterocycles. The van der Waals surface area contributed by atoms with Crippen molar-refractivity contribution in [3.8, 4) is 0 Å². The lowest BCUT2D eigenvalue weighted by Crippen LogP contribution is -2.66. The van der Waals surface area contributed by atoms with E-state index >= 15 is 0 Å². The van der Waals surface area contributed by atoms with Crippen molar-refractivity contribution in [2.45, 2.75) is 247 Å². The van der Waals surface area contributed by atoms with Crippen molar-refractivity contribution in [2.24, 2.45) is 46.3 Å². The highest BCUT2D eigenvalue weighted by Crippen LogP contribution is 2.68. The quantitative estimate of drug-likeness (QED) is 0.0847. The van der Waals surface area contributed by atoms with Gasteiger partial charge in [0.25, 0.3) is 0 Å². The molecule has 0 aromatic heterocycles. The maximum atomic E-state index is 12.1. The van der Waals surface area contributed by atoms with E-state index in [0.717, 1.165) is 32.1 Å². The minimum atomic E-state index is -1.77. The minimum Gasteiger partial charge on any atom is -0.394 e. The van der Waals surface area contributed by atoms with Crippen LogP contribution in [0.2, 0.25) is 0 Å². The van der Waals surface area contributed by atoms with Gasteiger partial charge in [0.2, 0.25) is 0 Å². The third kappa shape index (κ3) is 10.6. The summed E-state index contributed by atoms with van der Waals surface area (Å²) in [7, 11) is 0. The highest BCUT2D eigenvalue weighted by Gasteiger charge is 2.64. The molecule has 0 spiro atoms. The van der Waals surface area contributed by atoms with Gasteiger partial charge in [-0.2, -0.15) is 0 Å². The first-order chi connectivity index (χ1) is 33.9. The van der Waals surface area contributed by atoms with Gasteiger partial charge in [0.1, 0.15) is 85.5 Å². The second kappa shape index (κ2) is 22.7. The summed E-state index contributed by atoms with van der Waals surface area (Å²) in [6, 6.07) is 0. The zero-order valence-corrected chi connectivity index (χ0v) is 42.7. The fourth-order valence-electron chi connectivity index (χ4n) is 14.4. The Labute approximate surface area is 421 Å². The van der Waals surface area contributed by atoms with E-state index in [1.54, 1.807) is 0 Å². The largest absolute Gasteiger partial charge is 0.394 e. The summed E-state index contributed by atoms with van der Waals surface area (Å²) in [5.74, 6) is 0.712. The van der Waals surface area contributed by atoms with Crippen LogP contribution in [0.3, 0.4) is 0 Å². The van der Waals surface area contributed by atoms with Crippen LogP contribution < -0.4 is 0 Å². The second-order valence-electron chi connectivity index (χ2n) is 23.6. The van der Waals surface area contributed by atoms with Crippen molar-refractivity contribution in [3.05, 3.63) is 11.6 Å². The predicted molar refractivity (Wildman–Crippen MR) is 250 cm³/mol. The molecule has 0 aromatic carbocycles. The molecule has 4 saturated heterocycles. The van der Waals surface area contributed by atoms with Crippen LogP contribution in [0.5, 0.6) is 0 Å². The van der Waals surface area contributed by atoms with Crippen molar-refractivity contribution in [1.82, 2.24) is 0 Å². The Morgan fingerprint density at radius 2 is 1.15 bits per heavy atom. The first-order valence-electron chi connectivity index (χ1n) is 26.6. The number of fused-ring (bicyclic) bond motifs is 5. The molecule has 72 heavy (non-hydrogen) atoms. The summed E-state index contributed by atoms with van der Waals surface area (Å²) < 4.78 is 49.2. The Bertz CT molecular complexity index is 1810. The van der Waals surface area contributed by atoms with E-state index in [1.165, 1.54) is 19.4 Å². The van der Waals surface area contributed by atoms with Gasteiger partial charge in [-0.15, -0.1) is 0 Å². The fraction of sp³-hybridized carbons (Fsp3) is 0.961. The van der Waals surface area contributed by atoms with E-state index in [-0.39, 0.29) is 40.4 Å². The maximum Gasteiger partial charge on any atom is 0.187 e. The van der Waals surface area contributed by atoms with Crippen molar-refractivity contribution >= 4 is 0 Å². The summed E-state index contributed by atoms with van der Waals surface area (Å²) in [5, 5.41) is 140. The summed E-state index contributed by atoms with van der Waals surface area (Å²) in [4.78, 5) is 0. The second-order valence-corrected chi connectivity index (χ2v) is 23.6. The Balaban J connectivity index is 1.02. The number of hydrogen-bond donors (Lipinski definition) is 13. The lowest BCUT2D eigenvalue weighted by atomic mass is 9.47. The molecule has 8 aliphatic rings. The van der Waals surface area contributed by atoms with E-state index in [2.05, 4.69) is 40.7 Å². The van der Waals surface area contributed by atoms with E-state index in [1.807, 2.05) is 0 Å². The molecule has 0 bridgehead atoms. The number of hydrogen-bond acceptors (Lipinski definition) is 21. The topological polar surface area (TPSA) is 337 Å². The molecule has 3 saturated carbocycles. The Kier molecular flexibility index (Phi) is 18.0. The molecule has 21 nitrogen and oxygen atoms in total. The zero-order valence-electron chi connectivity index (χ0n) is 42.7. The molecule has 4 heterocycles. The van der Waals surface area contributed by atoms with Crippen molar-refractivity contribution in [3.63, 3.8) is 0 Å².